The summed E-state index contributed by atoms with van der Waals surface area (Å²) < 4.78 is 25.5. The Morgan fingerprint density at radius 2 is 1.14 bits per heavy atom. The van der Waals surface area contributed by atoms with Gasteiger partial charge >= 0.3 is 5.97 Å². The number of anilines is 2. The summed E-state index contributed by atoms with van der Waals surface area (Å²) in [6.45, 7) is 3.99. The number of aromatic carboxylic acids is 1. The molecule has 0 aliphatic carbocycles. The van der Waals surface area contributed by atoms with Gasteiger partial charge in [0.2, 0.25) is 0 Å². The normalized spacial score (nSPS) is 9.73. The molecule has 7 nitrogen and oxygen atoms in total. The fraction of sp³-hybridized carbons (Fsp3) is 0.0714. The number of carboxylic acid groups (broad SMARTS) is 1. The number of aromatic hydroxyl groups is 2. The third-order valence-electron chi connectivity index (χ3n) is 4.79. The Balaban J connectivity index is 0.000000215. The summed E-state index contributed by atoms with van der Waals surface area (Å²) in [4.78, 5) is 22.0. The number of amides is 1. The van der Waals surface area contributed by atoms with E-state index in [0.29, 0.717) is 5.69 Å². The number of hydrogen-bond acceptors (Lipinski definition) is 5. The highest BCUT2D eigenvalue weighted by Crippen LogP contribution is 2.18. The van der Waals surface area contributed by atoms with Gasteiger partial charge in [-0.1, -0.05) is 35.4 Å². The van der Waals surface area contributed by atoms with Gasteiger partial charge in [-0.3, -0.25) is 4.79 Å². The van der Waals surface area contributed by atoms with Crippen LogP contribution in [0.15, 0.2) is 84.9 Å². The molecule has 0 bridgehead atoms. The van der Waals surface area contributed by atoms with Gasteiger partial charge in [-0.05, 0) is 74.5 Å². The molecular weight excluding hydrogens is 482 g/mol. The number of halogens is 2. The maximum atomic E-state index is 13.1. The first-order valence-corrected chi connectivity index (χ1v) is 10.9. The van der Waals surface area contributed by atoms with Crippen molar-refractivity contribution in [2.24, 2.45) is 0 Å². The first-order chi connectivity index (χ1) is 17.5. The maximum absolute atomic E-state index is 13.1. The van der Waals surface area contributed by atoms with Crippen molar-refractivity contribution in [3.05, 3.63) is 119 Å². The van der Waals surface area contributed by atoms with Crippen LogP contribution >= 0.6 is 0 Å². The predicted octanol–water partition coefficient (Wildman–Crippen LogP) is 5.90. The topological polar surface area (TPSA) is 133 Å². The highest BCUT2D eigenvalue weighted by Gasteiger charge is 2.09. The number of nitrogens with two attached hydrogens (primary N) is 1. The van der Waals surface area contributed by atoms with Crippen molar-refractivity contribution in [2.45, 2.75) is 13.8 Å². The number of carbonyl (C=O) groups excluding carboxylic acids is 1. The fourth-order valence-corrected chi connectivity index (χ4v) is 2.69. The van der Waals surface area contributed by atoms with E-state index in [4.69, 9.17) is 21.1 Å². The summed E-state index contributed by atoms with van der Waals surface area (Å²) >= 11 is 0. The summed E-state index contributed by atoms with van der Waals surface area (Å²) in [5, 5.41) is 28.7. The summed E-state index contributed by atoms with van der Waals surface area (Å²) in [5.41, 5.74) is 9.21. The van der Waals surface area contributed by atoms with E-state index in [1.54, 1.807) is 12.1 Å². The van der Waals surface area contributed by atoms with Crippen LogP contribution in [0.4, 0.5) is 20.2 Å². The van der Waals surface area contributed by atoms with E-state index >= 15 is 0 Å². The van der Waals surface area contributed by atoms with Crippen LogP contribution in [-0.4, -0.2) is 27.2 Å². The lowest BCUT2D eigenvalue weighted by atomic mass is 10.2. The van der Waals surface area contributed by atoms with Crippen LogP contribution in [0.1, 0.15) is 31.8 Å². The largest absolute Gasteiger partial charge is 0.505 e. The Labute approximate surface area is 212 Å². The first-order valence-electron chi connectivity index (χ1n) is 10.9. The predicted molar refractivity (Wildman–Crippen MR) is 138 cm³/mol. The molecule has 37 heavy (non-hydrogen) atoms. The third-order valence-corrected chi connectivity index (χ3v) is 4.79. The van der Waals surface area contributed by atoms with Crippen LogP contribution in [0, 0.1) is 25.5 Å². The molecule has 0 aliphatic heterocycles. The average molecular weight is 509 g/mol. The van der Waals surface area contributed by atoms with E-state index < -0.39 is 35.0 Å². The van der Waals surface area contributed by atoms with Gasteiger partial charge in [-0.15, -0.1) is 0 Å². The summed E-state index contributed by atoms with van der Waals surface area (Å²) in [7, 11) is 0. The van der Waals surface area contributed by atoms with Crippen molar-refractivity contribution in [3.8, 4) is 11.5 Å². The molecule has 4 aromatic carbocycles. The Morgan fingerprint density at radius 3 is 1.57 bits per heavy atom. The van der Waals surface area contributed by atoms with E-state index in [-0.39, 0.29) is 11.1 Å². The maximum Gasteiger partial charge on any atom is 0.335 e. The van der Waals surface area contributed by atoms with E-state index in [2.05, 4.69) is 5.32 Å². The number of nitrogen functional groups attached to an aromatic ring is 1. The molecule has 0 spiro atoms. The molecule has 0 unspecified atom stereocenters. The van der Waals surface area contributed by atoms with E-state index in [1.165, 1.54) is 11.6 Å². The summed E-state index contributed by atoms with van der Waals surface area (Å²) in [6.07, 6.45) is 0. The van der Waals surface area contributed by atoms with Crippen molar-refractivity contribution in [2.75, 3.05) is 11.1 Å². The molecule has 0 heterocycles. The van der Waals surface area contributed by atoms with Crippen molar-refractivity contribution in [1.82, 2.24) is 0 Å². The SMILES string of the molecule is Cc1ccc(N)cc1.Cc1ccc(NC(=O)c2ccc(O)c(F)c2)cc1.O=C(O)c1ccc(O)c(F)c1. The number of carboxylic acids is 1. The molecule has 0 aliphatic rings. The Hall–Kier alpha value is -4.92. The first kappa shape index (κ1) is 28.3. The average Bonchev–Trinajstić information content (AvgIpc) is 2.86. The second kappa shape index (κ2) is 13.2. The number of benzene rings is 4. The number of rotatable bonds is 3. The molecule has 6 N–H and O–H groups in total. The molecule has 1 amide bonds. The van der Waals surface area contributed by atoms with E-state index in [1.807, 2.05) is 50.2 Å². The molecule has 0 atom stereocenters. The third kappa shape index (κ3) is 9.33. The van der Waals surface area contributed by atoms with Gasteiger partial charge in [-0.25, -0.2) is 13.6 Å². The summed E-state index contributed by atoms with van der Waals surface area (Å²) in [5.74, 6) is -4.39. The van der Waals surface area contributed by atoms with Gasteiger partial charge < -0.3 is 26.4 Å². The minimum atomic E-state index is -1.22. The van der Waals surface area contributed by atoms with Gasteiger partial charge in [0.15, 0.2) is 23.1 Å². The highest BCUT2D eigenvalue weighted by atomic mass is 19.1. The zero-order valence-corrected chi connectivity index (χ0v) is 20.1. The number of hydrogen-bond donors (Lipinski definition) is 5. The van der Waals surface area contributed by atoms with Crippen LogP contribution < -0.4 is 11.1 Å². The molecule has 4 rings (SSSR count). The molecule has 0 radical (unpaired) electrons. The minimum absolute atomic E-state index is 0.158. The highest BCUT2D eigenvalue weighted by molar-refractivity contribution is 6.04. The zero-order valence-electron chi connectivity index (χ0n) is 20.1. The second-order valence-corrected chi connectivity index (χ2v) is 7.87. The standard InChI is InChI=1S/C14H12FNO2.C7H5FO3.C7H9N/c1-9-2-5-11(6-3-9)16-14(18)10-4-7-13(17)12(15)8-10;8-5-3-4(7(10)11)1-2-6(5)9;1-6-2-4-7(8)5-3-6/h2-8,17H,1H3,(H,16,18);1-3,9H,(H,10,11);2-5H,8H2,1H3. The van der Waals surface area contributed by atoms with Crippen molar-refractivity contribution in [3.63, 3.8) is 0 Å². The number of nitrogens with one attached hydrogen (secondary N) is 1. The van der Waals surface area contributed by atoms with Gasteiger partial charge in [0.25, 0.3) is 5.91 Å². The van der Waals surface area contributed by atoms with E-state index in [0.717, 1.165) is 41.6 Å². The van der Waals surface area contributed by atoms with Crippen LogP contribution in [0.5, 0.6) is 11.5 Å². The lowest BCUT2D eigenvalue weighted by Crippen LogP contribution is -2.11. The lowest BCUT2D eigenvalue weighted by molar-refractivity contribution is 0.0696. The second-order valence-electron chi connectivity index (χ2n) is 7.87. The van der Waals surface area contributed by atoms with Crippen LogP contribution in [0.25, 0.3) is 0 Å². The Bertz CT molecular complexity index is 1340. The fourth-order valence-electron chi connectivity index (χ4n) is 2.69. The number of carbonyl (C=O) groups is 2. The van der Waals surface area contributed by atoms with Crippen LogP contribution in [0.3, 0.4) is 0 Å². The van der Waals surface area contributed by atoms with Crippen LogP contribution in [0.2, 0.25) is 0 Å². The van der Waals surface area contributed by atoms with E-state index in [9.17, 15) is 18.4 Å². The molecule has 0 aromatic heterocycles. The van der Waals surface area contributed by atoms with Crippen LogP contribution in [-0.2, 0) is 0 Å². The van der Waals surface area contributed by atoms with Crippen molar-refractivity contribution in [1.29, 1.82) is 0 Å². The van der Waals surface area contributed by atoms with Gasteiger partial charge in [0, 0.05) is 16.9 Å². The molecule has 0 saturated carbocycles. The number of phenols is 2. The zero-order chi connectivity index (χ0) is 27.5. The van der Waals surface area contributed by atoms with Gasteiger partial charge in [-0.2, -0.15) is 0 Å². The summed E-state index contributed by atoms with van der Waals surface area (Å²) in [6, 6.07) is 21.5. The minimum Gasteiger partial charge on any atom is -0.505 e. The molecule has 9 heteroatoms. The Kier molecular flexibility index (Phi) is 10.1. The quantitative estimate of drug-likeness (QED) is 0.219. The van der Waals surface area contributed by atoms with Crippen molar-refractivity contribution < 1.29 is 33.7 Å². The van der Waals surface area contributed by atoms with Gasteiger partial charge in [0.05, 0.1) is 5.56 Å². The number of phenolic OH excluding ortho intramolecular Hbond substituents is 2. The smallest absolute Gasteiger partial charge is 0.335 e. The molecule has 4 aromatic rings. The van der Waals surface area contributed by atoms with Gasteiger partial charge in [0.1, 0.15) is 0 Å². The Morgan fingerprint density at radius 1 is 0.703 bits per heavy atom. The van der Waals surface area contributed by atoms with Crippen molar-refractivity contribution >= 4 is 23.3 Å². The lowest BCUT2D eigenvalue weighted by Gasteiger charge is -2.06. The molecule has 0 fully saturated rings. The number of aryl methyl sites for hydroxylation is 2. The molecule has 0 saturated heterocycles. The monoisotopic (exact) mass is 508 g/mol. The molecule has 192 valence electrons. The molecular formula is C28H26F2N2O5.